The summed E-state index contributed by atoms with van der Waals surface area (Å²) in [5.41, 5.74) is 0.938. The monoisotopic (exact) mass is 355 g/mol. The molecular formula is C16H15Cl2NO4. The molecule has 2 aromatic rings. The second kappa shape index (κ2) is 7.44. The SMILES string of the molecule is CC(=O)Oc1ccccc1OCNc1cc(Cl)c(C)c(Cl)c1O. The first-order valence-corrected chi connectivity index (χ1v) is 7.47. The van der Waals surface area contributed by atoms with Crippen LogP contribution in [0.4, 0.5) is 5.69 Å². The largest absolute Gasteiger partial charge is 0.504 e. The van der Waals surface area contributed by atoms with Crippen LogP contribution < -0.4 is 14.8 Å². The molecule has 0 atom stereocenters. The highest BCUT2D eigenvalue weighted by Gasteiger charge is 2.13. The first kappa shape index (κ1) is 17.2. The van der Waals surface area contributed by atoms with E-state index in [0.717, 1.165) is 0 Å². The van der Waals surface area contributed by atoms with Gasteiger partial charge >= 0.3 is 5.97 Å². The first-order chi connectivity index (χ1) is 10.9. The number of hydrogen-bond acceptors (Lipinski definition) is 5. The van der Waals surface area contributed by atoms with Crippen molar-refractivity contribution in [1.82, 2.24) is 0 Å². The highest BCUT2D eigenvalue weighted by Crippen LogP contribution is 2.38. The van der Waals surface area contributed by atoms with Gasteiger partial charge in [-0.25, -0.2) is 0 Å². The van der Waals surface area contributed by atoms with Gasteiger partial charge in [0.05, 0.1) is 10.7 Å². The van der Waals surface area contributed by atoms with E-state index in [9.17, 15) is 9.90 Å². The van der Waals surface area contributed by atoms with Gasteiger partial charge in [0.2, 0.25) is 0 Å². The number of rotatable bonds is 5. The lowest BCUT2D eigenvalue weighted by Gasteiger charge is -2.14. The van der Waals surface area contributed by atoms with Crippen LogP contribution in [-0.4, -0.2) is 17.8 Å². The third-order valence-electron chi connectivity index (χ3n) is 3.01. The van der Waals surface area contributed by atoms with Crippen LogP contribution in [0.1, 0.15) is 12.5 Å². The quantitative estimate of drug-likeness (QED) is 0.360. The molecule has 0 fully saturated rings. The Balaban J connectivity index is 2.08. The summed E-state index contributed by atoms with van der Waals surface area (Å²) in [5.74, 6) is 0.152. The molecule has 0 bridgehead atoms. The Labute approximate surface area is 143 Å². The van der Waals surface area contributed by atoms with Crippen molar-refractivity contribution in [3.63, 3.8) is 0 Å². The van der Waals surface area contributed by atoms with Crippen molar-refractivity contribution < 1.29 is 19.4 Å². The fourth-order valence-electron chi connectivity index (χ4n) is 1.84. The van der Waals surface area contributed by atoms with Crippen LogP contribution in [0.5, 0.6) is 17.2 Å². The van der Waals surface area contributed by atoms with Crippen LogP contribution in [0.3, 0.4) is 0 Å². The minimum Gasteiger partial charge on any atom is -0.504 e. The molecule has 0 aliphatic rings. The van der Waals surface area contributed by atoms with E-state index < -0.39 is 5.97 Å². The number of carbonyl (C=O) groups excluding carboxylic acids is 1. The highest BCUT2D eigenvalue weighted by molar-refractivity contribution is 6.37. The van der Waals surface area contributed by atoms with Crippen LogP contribution >= 0.6 is 23.2 Å². The van der Waals surface area contributed by atoms with Crippen molar-refractivity contribution >= 4 is 34.9 Å². The lowest BCUT2D eigenvalue weighted by atomic mass is 10.2. The predicted molar refractivity (Wildman–Crippen MR) is 89.7 cm³/mol. The van der Waals surface area contributed by atoms with Crippen molar-refractivity contribution in [3.05, 3.63) is 45.9 Å². The van der Waals surface area contributed by atoms with Crippen molar-refractivity contribution in [1.29, 1.82) is 0 Å². The van der Waals surface area contributed by atoms with Crippen LogP contribution in [0.15, 0.2) is 30.3 Å². The topological polar surface area (TPSA) is 67.8 Å². The van der Waals surface area contributed by atoms with E-state index in [2.05, 4.69) is 5.32 Å². The highest BCUT2D eigenvalue weighted by atomic mass is 35.5. The van der Waals surface area contributed by atoms with Gasteiger partial charge in [0.15, 0.2) is 24.0 Å². The molecule has 0 aromatic heterocycles. The number of nitrogens with one attached hydrogen (secondary N) is 1. The number of phenols is 1. The standard InChI is InChI=1S/C16H15Cl2NO4/c1-9-11(17)7-12(16(21)15(9)18)19-8-22-13-5-3-4-6-14(13)23-10(2)20/h3-7,19,21H,8H2,1-2H3. The van der Waals surface area contributed by atoms with Gasteiger partial charge in [-0.1, -0.05) is 35.3 Å². The van der Waals surface area contributed by atoms with Gasteiger partial charge in [0, 0.05) is 11.9 Å². The summed E-state index contributed by atoms with van der Waals surface area (Å²) in [6.07, 6.45) is 0. The van der Waals surface area contributed by atoms with Gasteiger partial charge in [-0.2, -0.15) is 0 Å². The Hall–Kier alpha value is -2.11. The first-order valence-electron chi connectivity index (χ1n) is 6.71. The normalized spacial score (nSPS) is 10.3. The third-order valence-corrected chi connectivity index (χ3v) is 3.87. The number of halogens is 2. The van der Waals surface area contributed by atoms with Crippen LogP contribution in [0, 0.1) is 6.92 Å². The molecule has 0 heterocycles. The number of aromatic hydroxyl groups is 1. The zero-order valence-electron chi connectivity index (χ0n) is 12.5. The van der Waals surface area contributed by atoms with Gasteiger partial charge in [0.25, 0.3) is 0 Å². The summed E-state index contributed by atoms with van der Waals surface area (Å²) in [5, 5.41) is 13.5. The number of hydrogen-bond donors (Lipinski definition) is 2. The Morgan fingerprint density at radius 2 is 1.91 bits per heavy atom. The van der Waals surface area contributed by atoms with Gasteiger partial charge in [0.1, 0.15) is 0 Å². The van der Waals surface area contributed by atoms with Crippen molar-refractivity contribution in [2.75, 3.05) is 12.0 Å². The lowest BCUT2D eigenvalue weighted by Crippen LogP contribution is -2.11. The molecule has 0 amide bonds. The molecule has 0 saturated carbocycles. The fraction of sp³-hybridized carbons (Fsp3) is 0.188. The van der Waals surface area contributed by atoms with E-state index in [-0.39, 0.29) is 17.5 Å². The maximum absolute atomic E-state index is 11.1. The molecule has 0 saturated heterocycles. The smallest absolute Gasteiger partial charge is 0.308 e. The number of benzene rings is 2. The van der Waals surface area contributed by atoms with Gasteiger partial charge in [-0.3, -0.25) is 4.79 Å². The Morgan fingerprint density at radius 3 is 2.57 bits per heavy atom. The van der Waals surface area contributed by atoms with Crippen molar-refractivity contribution in [2.45, 2.75) is 13.8 Å². The van der Waals surface area contributed by atoms with E-state index in [1.807, 2.05) is 0 Å². The minimum absolute atomic E-state index is 0.0154. The number of ether oxygens (including phenoxy) is 2. The number of esters is 1. The third kappa shape index (κ3) is 4.21. The van der Waals surface area contributed by atoms with Crippen molar-refractivity contribution in [3.8, 4) is 17.2 Å². The maximum atomic E-state index is 11.1. The van der Waals surface area contributed by atoms with E-state index in [1.165, 1.54) is 6.92 Å². The lowest BCUT2D eigenvalue weighted by molar-refractivity contribution is -0.132. The summed E-state index contributed by atoms with van der Waals surface area (Å²) in [6.45, 7) is 3.03. The Morgan fingerprint density at radius 1 is 1.26 bits per heavy atom. The zero-order valence-corrected chi connectivity index (χ0v) is 14.0. The second-order valence-corrected chi connectivity index (χ2v) is 5.48. The average Bonchev–Trinajstić information content (AvgIpc) is 2.51. The molecule has 5 nitrogen and oxygen atoms in total. The molecule has 0 spiro atoms. The summed E-state index contributed by atoms with van der Waals surface area (Å²) in [6, 6.07) is 8.31. The van der Waals surface area contributed by atoms with Gasteiger partial charge in [-0.15, -0.1) is 0 Å². The molecule has 7 heteroatoms. The van der Waals surface area contributed by atoms with E-state index >= 15 is 0 Å². The molecule has 0 radical (unpaired) electrons. The second-order valence-electron chi connectivity index (χ2n) is 4.70. The molecule has 2 rings (SSSR count). The fourth-order valence-corrected chi connectivity index (χ4v) is 2.29. The van der Waals surface area contributed by atoms with E-state index in [1.54, 1.807) is 37.3 Å². The summed E-state index contributed by atoms with van der Waals surface area (Å²) < 4.78 is 10.6. The molecule has 2 N–H and O–H groups in total. The molecule has 0 aliphatic carbocycles. The average molecular weight is 356 g/mol. The van der Waals surface area contributed by atoms with Gasteiger partial charge < -0.3 is 19.9 Å². The Bertz CT molecular complexity index is 734. The summed E-state index contributed by atoms with van der Waals surface area (Å²) in [4.78, 5) is 11.1. The van der Waals surface area contributed by atoms with E-state index in [4.69, 9.17) is 32.7 Å². The van der Waals surface area contributed by atoms with Crippen LogP contribution in [0.25, 0.3) is 0 Å². The number of anilines is 1. The molecular weight excluding hydrogens is 341 g/mol. The van der Waals surface area contributed by atoms with Crippen molar-refractivity contribution in [2.24, 2.45) is 0 Å². The number of para-hydroxylation sites is 2. The predicted octanol–water partition coefficient (Wildman–Crippen LogP) is 4.38. The summed E-state index contributed by atoms with van der Waals surface area (Å²) >= 11 is 12.0. The van der Waals surface area contributed by atoms with Gasteiger partial charge in [-0.05, 0) is 30.7 Å². The zero-order chi connectivity index (χ0) is 17.0. The minimum atomic E-state index is -0.441. The maximum Gasteiger partial charge on any atom is 0.308 e. The molecule has 0 aliphatic heterocycles. The summed E-state index contributed by atoms with van der Waals surface area (Å²) in [7, 11) is 0. The molecule has 122 valence electrons. The Kier molecular flexibility index (Phi) is 5.58. The number of phenolic OH excluding ortho intramolecular Hbond substituents is 1. The molecule has 0 unspecified atom stereocenters. The molecule has 23 heavy (non-hydrogen) atoms. The van der Waals surface area contributed by atoms with Crippen LogP contribution in [0.2, 0.25) is 10.0 Å². The molecule has 2 aromatic carbocycles. The van der Waals surface area contributed by atoms with Crippen LogP contribution in [-0.2, 0) is 4.79 Å². The van der Waals surface area contributed by atoms with E-state index in [0.29, 0.717) is 27.8 Å². The number of carbonyl (C=O) groups is 1.